The topological polar surface area (TPSA) is 29.3 Å². The van der Waals surface area contributed by atoms with Crippen LogP contribution in [0, 0.1) is 11.8 Å². The van der Waals surface area contributed by atoms with E-state index in [1.54, 1.807) is 0 Å². The van der Waals surface area contributed by atoms with Crippen LogP contribution in [0.15, 0.2) is 0 Å². The zero-order valence-corrected chi connectivity index (χ0v) is 8.42. The normalized spacial score (nSPS) is 32.2. The molecule has 1 aliphatic rings. The second kappa shape index (κ2) is 4.83. The lowest BCUT2D eigenvalue weighted by Gasteiger charge is -2.36. The van der Waals surface area contributed by atoms with Gasteiger partial charge >= 0.3 is 0 Å². The highest BCUT2D eigenvalue weighted by Crippen LogP contribution is 2.25. The number of rotatable bonds is 3. The van der Waals surface area contributed by atoms with Gasteiger partial charge in [0.2, 0.25) is 0 Å². The summed E-state index contributed by atoms with van der Waals surface area (Å²) in [7, 11) is 2.22. The molecule has 0 amide bonds. The Balaban J connectivity index is 2.40. The Kier molecular flexibility index (Phi) is 4.02. The van der Waals surface area contributed by atoms with E-state index < -0.39 is 0 Å². The van der Waals surface area contributed by atoms with E-state index in [1.807, 2.05) is 0 Å². The van der Waals surface area contributed by atoms with Crippen molar-refractivity contribution in [2.75, 3.05) is 26.7 Å². The van der Waals surface area contributed by atoms with Crippen molar-refractivity contribution >= 4 is 0 Å². The van der Waals surface area contributed by atoms with Crippen molar-refractivity contribution in [3.8, 4) is 0 Å². The molecule has 0 aromatic carbocycles. The van der Waals surface area contributed by atoms with Crippen LogP contribution in [-0.2, 0) is 0 Å². The summed E-state index contributed by atoms with van der Waals surface area (Å²) in [6, 6.07) is 0. The minimum atomic E-state index is 0.793. The van der Waals surface area contributed by atoms with Crippen molar-refractivity contribution in [3.05, 3.63) is 0 Å². The summed E-state index contributed by atoms with van der Waals surface area (Å²) in [6.45, 7) is 5.65. The van der Waals surface area contributed by atoms with Gasteiger partial charge in [-0.15, -0.1) is 0 Å². The molecule has 2 atom stereocenters. The highest BCUT2D eigenvalue weighted by atomic mass is 15.1. The summed E-state index contributed by atoms with van der Waals surface area (Å²) < 4.78 is 0. The van der Waals surface area contributed by atoms with Crippen molar-refractivity contribution in [3.63, 3.8) is 0 Å². The number of nitrogens with zero attached hydrogens (tertiary/aromatic N) is 1. The molecule has 1 saturated heterocycles. The van der Waals surface area contributed by atoms with E-state index >= 15 is 0 Å². The predicted octanol–water partition coefficient (Wildman–Crippen LogP) is 1.31. The first-order valence-electron chi connectivity index (χ1n) is 5.16. The molecule has 0 aliphatic carbocycles. The van der Waals surface area contributed by atoms with Crippen molar-refractivity contribution < 1.29 is 0 Å². The van der Waals surface area contributed by atoms with Gasteiger partial charge in [0.1, 0.15) is 0 Å². The molecule has 0 saturated carbocycles. The van der Waals surface area contributed by atoms with Crippen LogP contribution in [0.5, 0.6) is 0 Å². The molecule has 2 heteroatoms. The summed E-state index contributed by atoms with van der Waals surface area (Å²) >= 11 is 0. The second-order valence-corrected chi connectivity index (χ2v) is 4.10. The third-order valence-corrected chi connectivity index (χ3v) is 3.06. The van der Waals surface area contributed by atoms with E-state index in [0.717, 1.165) is 18.4 Å². The molecule has 1 heterocycles. The van der Waals surface area contributed by atoms with Gasteiger partial charge < -0.3 is 10.6 Å². The number of hydrogen-bond acceptors (Lipinski definition) is 2. The smallest absolute Gasteiger partial charge is 0.000974 e. The minimum Gasteiger partial charge on any atom is -0.330 e. The van der Waals surface area contributed by atoms with Gasteiger partial charge in [0.05, 0.1) is 0 Å². The van der Waals surface area contributed by atoms with E-state index in [9.17, 15) is 0 Å². The monoisotopic (exact) mass is 170 g/mol. The molecule has 0 radical (unpaired) electrons. The van der Waals surface area contributed by atoms with E-state index in [1.165, 1.54) is 32.4 Å². The highest BCUT2D eigenvalue weighted by molar-refractivity contribution is 4.79. The Morgan fingerprint density at radius 2 is 2.17 bits per heavy atom. The van der Waals surface area contributed by atoms with Crippen LogP contribution in [0.25, 0.3) is 0 Å². The van der Waals surface area contributed by atoms with Gasteiger partial charge in [-0.25, -0.2) is 0 Å². The fourth-order valence-electron chi connectivity index (χ4n) is 2.27. The lowest BCUT2D eigenvalue weighted by atomic mass is 9.83. The maximum Gasteiger partial charge on any atom is 0.000974 e. The van der Waals surface area contributed by atoms with Crippen LogP contribution in [0.2, 0.25) is 0 Å². The Morgan fingerprint density at radius 3 is 2.75 bits per heavy atom. The summed E-state index contributed by atoms with van der Waals surface area (Å²) in [5.41, 5.74) is 5.75. The quantitative estimate of drug-likeness (QED) is 0.692. The molecular formula is C10H22N2. The molecule has 12 heavy (non-hydrogen) atoms. The minimum absolute atomic E-state index is 0.793. The first kappa shape index (κ1) is 10.0. The molecule has 1 fully saturated rings. The zero-order valence-electron chi connectivity index (χ0n) is 8.42. The Labute approximate surface area is 76.1 Å². The van der Waals surface area contributed by atoms with Crippen molar-refractivity contribution in [2.45, 2.75) is 26.2 Å². The fourth-order valence-corrected chi connectivity index (χ4v) is 2.27. The number of likely N-dealkylation sites (tertiary alicyclic amines) is 1. The maximum absolute atomic E-state index is 5.75. The van der Waals surface area contributed by atoms with Crippen LogP contribution in [-0.4, -0.2) is 31.6 Å². The summed E-state index contributed by atoms with van der Waals surface area (Å²) in [5.74, 6) is 1.65. The standard InChI is InChI=1S/C10H22N2/c1-3-4-10-8-12(2)6-5-9(10)7-11/h9-10H,3-8,11H2,1-2H3. The molecule has 0 aromatic heterocycles. The van der Waals surface area contributed by atoms with Gasteiger partial charge in [-0.2, -0.15) is 0 Å². The number of nitrogens with two attached hydrogens (primary N) is 1. The number of hydrogen-bond donors (Lipinski definition) is 1. The molecule has 1 rings (SSSR count). The van der Waals surface area contributed by atoms with Crippen LogP contribution in [0.4, 0.5) is 0 Å². The largest absolute Gasteiger partial charge is 0.330 e. The van der Waals surface area contributed by atoms with Crippen LogP contribution < -0.4 is 5.73 Å². The molecule has 0 spiro atoms. The Bertz CT molecular complexity index is 125. The Morgan fingerprint density at radius 1 is 1.42 bits per heavy atom. The van der Waals surface area contributed by atoms with Gasteiger partial charge in [-0.05, 0) is 44.8 Å². The summed E-state index contributed by atoms with van der Waals surface area (Å²) in [5, 5.41) is 0. The van der Waals surface area contributed by atoms with Gasteiger partial charge in [-0.3, -0.25) is 0 Å². The Hall–Kier alpha value is -0.0800. The highest BCUT2D eigenvalue weighted by Gasteiger charge is 2.25. The van der Waals surface area contributed by atoms with Crippen LogP contribution in [0.1, 0.15) is 26.2 Å². The first-order chi connectivity index (χ1) is 5.77. The average Bonchev–Trinajstić information content (AvgIpc) is 2.05. The maximum atomic E-state index is 5.75. The van der Waals surface area contributed by atoms with Crippen LogP contribution in [0.3, 0.4) is 0 Å². The fraction of sp³-hybridized carbons (Fsp3) is 1.00. The summed E-state index contributed by atoms with van der Waals surface area (Å²) in [4.78, 5) is 2.44. The van der Waals surface area contributed by atoms with Crippen LogP contribution >= 0.6 is 0 Å². The van der Waals surface area contributed by atoms with Crippen molar-refractivity contribution in [1.29, 1.82) is 0 Å². The van der Waals surface area contributed by atoms with Crippen molar-refractivity contribution in [2.24, 2.45) is 17.6 Å². The molecule has 1 aliphatic heterocycles. The van der Waals surface area contributed by atoms with Crippen molar-refractivity contribution in [1.82, 2.24) is 4.90 Å². The molecular weight excluding hydrogens is 148 g/mol. The molecule has 72 valence electrons. The molecule has 0 bridgehead atoms. The van der Waals surface area contributed by atoms with Gasteiger partial charge in [0.15, 0.2) is 0 Å². The van der Waals surface area contributed by atoms with E-state index in [0.29, 0.717) is 0 Å². The average molecular weight is 170 g/mol. The molecule has 2 nitrogen and oxygen atoms in total. The SMILES string of the molecule is CCCC1CN(C)CCC1CN. The van der Waals surface area contributed by atoms with E-state index in [-0.39, 0.29) is 0 Å². The summed E-state index contributed by atoms with van der Waals surface area (Å²) in [6.07, 6.45) is 3.96. The first-order valence-corrected chi connectivity index (χ1v) is 5.16. The third-order valence-electron chi connectivity index (χ3n) is 3.06. The van der Waals surface area contributed by atoms with E-state index in [2.05, 4.69) is 18.9 Å². The van der Waals surface area contributed by atoms with E-state index in [4.69, 9.17) is 5.73 Å². The lowest BCUT2D eigenvalue weighted by molar-refractivity contribution is 0.139. The molecule has 0 aromatic rings. The zero-order chi connectivity index (χ0) is 8.97. The number of piperidine rings is 1. The third kappa shape index (κ3) is 2.46. The van der Waals surface area contributed by atoms with Gasteiger partial charge in [0, 0.05) is 6.54 Å². The second-order valence-electron chi connectivity index (χ2n) is 4.10. The lowest BCUT2D eigenvalue weighted by Crippen LogP contribution is -2.40. The predicted molar refractivity (Wildman–Crippen MR) is 53.1 cm³/mol. The molecule has 2 N–H and O–H groups in total. The van der Waals surface area contributed by atoms with Gasteiger partial charge in [0.25, 0.3) is 0 Å². The van der Waals surface area contributed by atoms with Gasteiger partial charge in [-0.1, -0.05) is 13.3 Å². The molecule has 2 unspecified atom stereocenters.